The van der Waals surface area contributed by atoms with Crippen molar-refractivity contribution >= 4 is 38.9 Å². The van der Waals surface area contributed by atoms with E-state index in [-0.39, 0.29) is 5.41 Å². The molecule has 10 aromatic rings. The van der Waals surface area contributed by atoms with Crippen LogP contribution in [-0.2, 0) is 5.41 Å². The summed E-state index contributed by atoms with van der Waals surface area (Å²) < 4.78 is 2.55. The van der Waals surface area contributed by atoms with Crippen LogP contribution in [-0.4, -0.2) is 4.57 Å². The summed E-state index contributed by atoms with van der Waals surface area (Å²) in [5.74, 6) is 3.25. The molecule has 0 saturated heterocycles. The number of para-hydroxylation sites is 2. The van der Waals surface area contributed by atoms with Crippen LogP contribution in [0.3, 0.4) is 0 Å². The fourth-order valence-electron chi connectivity index (χ4n) is 14.1. The number of benzene rings is 9. The van der Waals surface area contributed by atoms with Gasteiger partial charge in [0, 0.05) is 38.8 Å². The summed E-state index contributed by atoms with van der Waals surface area (Å²) in [7, 11) is 0. The highest BCUT2D eigenvalue weighted by Gasteiger charge is 2.61. The molecule has 0 N–H and O–H groups in total. The summed E-state index contributed by atoms with van der Waals surface area (Å²) >= 11 is 0. The molecule has 316 valence electrons. The third kappa shape index (κ3) is 5.54. The molecule has 9 aromatic carbocycles. The predicted octanol–water partition coefficient (Wildman–Crippen LogP) is 17.0. The summed E-state index contributed by atoms with van der Waals surface area (Å²) in [5, 5.41) is 2.49. The van der Waals surface area contributed by atoms with E-state index in [1.165, 1.54) is 104 Å². The van der Waals surface area contributed by atoms with Crippen molar-refractivity contribution in [2.24, 2.45) is 23.7 Å². The number of fused-ring (bicyclic) bond motifs is 6. The lowest BCUT2D eigenvalue weighted by Crippen LogP contribution is -2.55. The SMILES string of the molecule is c1ccc(-c2ccc(N(c3ccc(-c4ccccc4)cc3)c3cccc4c3c3cccc(-c5cccc6c5-c5ccccc5C65C6CC7CC(C6)CC5C7)c3n4-c3ccccc3)cc2)cc1. The average molecular weight is 847 g/mol. The predicted molar refractivity (Wildman–Crippen MR) is 275 cm³/mol. The smallest absolute Gasteiger partial charge is 0.0620 e. The Morgan fingerprint density at radius 2 is 0.894 bits per heavy atom. The van der Waals surface area contributed by atoms with E-state index < -0.39 is 0 Å². The minimum Gasteiger partial charge on any atom is -0.310 e. The molecule has 1 aromatic heterocycles. The second-order valence-electron chi connectivity index (χ2n) is 19.7. The van der Waals surface area contributed by atoms with Crippen molar-refractivity contribution in [3.63, 3.8) is 0 Å². The summed E-state index contributed by atoms with van der Waals surface area (Å²) in [4.78, 5) is 2.47. The van der Waals surface area contributed by atoms with E-state index >= 15 is 0 Å². The van der Waals surface area contributed by atoms with Crippen LogP contribution >= 0.6 is 0 Å². The Kier molecular flexibility index (Phi) is 8.50. The maximum atomic E-state index is 2.55. The van der Waals surface area contributed by atoms with Gasteiger partial charge in [-0.3, -0.25) is 0 Å². The van der Waals surface area contributed by atoms with Gasteiger partial charge >= 0.3 is 0 Å². The first-order valence-electron chi connectivity index (χ1n) is 24.2. The zero-order valence-electron chi connectivity index (χ0n) is 37.0. The van der Waals surface area contributed by atoms with E-state index in [0.29, 0.717) is 0 Å². The quantitative estimate of drug-likeness (QED) is 0.155. The van der Waals surface area contributed by atoms with Crippen molar-refractivity contribution in [1.82, 2.24) is 4.57 Å². The highest BCUT2D eigenvalue weighted by molar-refractivity contribution is 6.20. The van der Waals surface area contributed by atoms with Crippen molar-refractivity contribution in [3.05, 3.63) is 230 Å². The van der Waals surface area contributed by atoms with Gasteiger partial charge in [0.15, 0.2) is 0 Å². The molecule has 0 atom stereocenters. The number of rotatable bonds is 7. The minimum absolute atomic E-state index is 0.106. The summed E-state index contributed by atoms with van der Waals surface area (Å²) in [6, 6.07) is 81.6. The van der Waals surface area contributed by atoms with Crippen molar-refractivity contribution in [1.29, 1.82) is 0 Å². The van der Waals surface area contributed by atoms with Gasteiger partial charge in [0.05, 0.1) is 16.7 Å². The van der Waals surface area contributed by atoms with Crippen LogP contribution < -0.4 is 4.90 Å². The molecule has 0 aliphatic heterocycles. The van der Waals surface area contributed by atoms with Crippen LogP contribution in [0.2, 0.25) is 0 Å². The molecular weight excluding hydrogens is 797 g/mol. The van der Waals surface area contributed by atoms with Crippen LogP contribution in [0.4, 0.5) is 17.1 Å². The van der Waals surface area contributed by atoms with E-state index in [4.69, 9.17) is 0 Å². The first kappa shape index (κ1) is 37.9. The van der Waals surface area contributed by atoms with Gasteiger partial charge in [0.2, 0.25) is 0 Å². The Labute approximate surface area is 387 Å². The molecule has 1 heterocycles. The van der Waals surface area contributed by atoms with Gasteiger partial charge in [-0.2, -0.15) is 0 Å². The fourth-order valence-corrected chi connectivity index (χ4v) is 14.1. The molecule has 0 amide bonds. The molecule has 4 saturated carbocycles. The molecule has 4 fully saturated rings. The van der Waals surface area contributed by atoms with Crippen LogP contribution in [0.5, 0.6) is 0 Å². The van der Waals surface area contributed by atoms with Crippen LogP contribution in [0, 0.1) is 23.7 Å². The third-order valence-electron chi connectivity index (χ3n) is 16.4. The second kappa shape index (κ2) is 14.8. The van der Waals surface area contributed by atoms with Crippen molar-refractivity contribution in [2.45, 2.75) is 37.5 Å². The van der Waals surface area contributed by atoms with Crippen molar-refractivity contribution < 1.29 is 0 Å². The van der Waals surface area contributed by atoms with Gasteiger partial charge in [-0.1, -0.05) is 170 Å². The van der Waals surface area contributed by atoms with Crippen LogP contribution in [0.15, 0.2) is 218 Å². The molecule has 2 heteroatoms. The second-order valence-corrected chi connectivity index (χ2v) is 19.7. The summed E-state index contributed by atoms with van der Waals surface area (Å²) in [5.41, 5.74) is 20.7. The largest absolute Gasteiger partial charge is 0.310 e. The van der Waals surface area contributed by atoms with Crippen LogP contribution in [0.1, 0.15) is 43.2 Å². The standard InChI is InChI=1S/C64H50N2/c1-4-15-44(16-5-1)46-29-33-51(34-30-46)65(52-35-31-47(32-36-52)45-17-6-2-7-18-45)59-27-14-28-60-62(59)56-24-12-23-54(63(56)66(60)50-19-8-3-9-20-50)53-22-13-26-58-61(53)55-21-10-11-25-57(55)64(58)48-38-42-37-43(40-48)41-49(64)39-42/h1-36,42-43,48-49H,37-41H2. The van der Waals surface area contributed by atoms with Gasteiger partial charge in [0.1, 0.15) is 0 Å². The van der Waals surface area contributed by atoms with Gasteiger partial charge in [-0.25, -0.2) is 0 Å². The molecule has 1 spiro atoms. The highest BCUT2D eigenvalue weighted by Crippen LogP contribution is 2.70. The molecule has 5 aliphatic carbocycles. The van der Waals surface area contributed by atoms with Gasteiger partial charge in [-0.15, -0.1) is 0 Å². The number of nitrogens with zero attached hydrogens (tertiary/aromatic N) is 2. The van der Waals surface area contributed by atoms with Crippen LogP contribution in [0.25, 0.3) is 72.0 Å². The third-order valence-corrected chi connectivity index (χ3v) is 16.4. The average Bonchev–Trinajstić information content (AvgIpc) is 3.88. The Hall–Kier alpha value is -7.42. The Bertz CT molecular complexity index is 3340. The van der Waals surface area contributed by atoms with E-state index in [1.807, 2.05) is 0 Å². The molecule has 66 heavy (non-hydrogen) atoms. The zero-order chi connectivity index (χ0) is 43.3. The topological polar surface area (TPSA) is 8.17 Å². The zero-order valence-corrected chi connectivity index (χ0v) is 37.0. The van der Waals surface area contributed by atoms with Crippen molar-refractivity contribution in [2.75, 3.05) is 4.90 Å². The molecule has 2 nitrogen and oxygen atoms in total. The number of aromatic nitrogens is 1. The molecule has 4 bridgehead atoms. The highest BCUT2D eigenvalue weighted by atomic mass is 15.1. The Morgan fingerprint density at radius 3 is 1.53 bits per heavy atom. The maximum Gasteiger partial charge on any atom is 0.0620 e. The lowest BCUT2D eigenvalue weighted by atomic mass is 9.43. The molecule has 5 aliphatic rings. The Morgan fingerprint density at radius 1 is 0.394 bits per heavy atom. The van der Waals surface area contributed by atoms with E-state index in [1.54, 1.807) is 11.1 Å². The minimum atomic E-state index is 0.106. The summed E-state index contributed by atoms with van der Waals surface area (Å²) in [6.45, 7) is 0. The maximum absolute atomic E-state index is 2.55. The fraction of sp³-hybridized carbons (Fsp3) is 0.156. The molecule has 15 rings (SSSR count). The van der Waals surface area contributed by atoms with Gasteiger partial charge in [-0.05, 0) is 154 Å². The molecule has 0 unspecified atom stereocenters. The number of anilines is 3. The van der Waals surface area contributed by atoms with Gasteiger partial charge < -0.3 is 9.47 Å². The number of hydrogen-bond acceptors (Lipinski definition) is 1. The Balaban J connectivity index is 1.02. The lowest BCUT2D eigenvalue weighted by molar-refractivity contribution is -0.0399. The molecule has 0 radical (unpaired) electrons. The first-order chi connectivity index (χ1) is 32.7. The van der Waals surface area contributed by atoms with E-state index in [0.717, 1.165) is 40.7 Å². The first-order valence-corrected chi connectivity index (χ1v) is 24.2. The van der Waals surface area contributed by atoms with E-state index in [9.17, 15) is 0 Å². The van der Waals surface area contributed by atoms with Gasteiger partial charge in [0.25, 0.3) is 0 Å². The normalized spacial score (nSPS) is 21.1. The summed E-state index contributed by atoms with van der Waals surface area (Å²) in [6.07, 6.45) is 6.98. The lowest BCUT2D eigenvalue weighted by Gasteiger charge is -2.61. The van der Waals surface area contributed by atoms with Crippen molar-refractivity contribution in [3.8, 4) is 50.2 Å². The molecular formula is C64H50N2. The van der Waals surface area contributed by atoms with E-state index in [2.05, 4.69) is 228 Å². The monoisotopic (exact) mass is 846 g/mol. The number of hydrogen-bond donors (Lipinski definition) is 0.